The van der Waals surface area contributed by atoms with Gasteiger partial charge in [-0.1, -0.05) is 40.2 Å². The largest absolute Gasteiger partial charge is 0.368 e. The van der Waals surface area contributed by atoms with Gasteiger partial charge in [-0.05, 0) is 54.6 Å². The number of anilines is 2. The summed E-state index contributed by atoms with van der Waals surface area (Å²) in [7, 11) is -3.69. The van der Waals surface area contributed by atoms with E-state index < -0.39 is 21.5 Å². The molecule has 3 aromatic carbocycles. The molecule has 0 aliphatic carbocycles. The monoisotopic (exact) mass is 541 g/mol. The van der Waals surface area contributed by atoms with Crippen LogP contribution < -0.4 is 10.2 Å². The standard InChI is InChI=1S/C25H24BrN3O4S/c26-20-6-4-5-19(17-20)25(31)29-15-13-28(14-16-29)22-11-9-21(10-12-22)27-24(30)18-34(32,33)23-7-2-1-3-8-23/h1-12,17H,13-16,18H2,(H,27,30). The SMILES string of the molecule is O=C(CS(=O)(=O)c1ccccc1)Nc1ccc(N2CCN(C(=O)c3cccc(Br)c3)CC2)cc1. The summed E-state index contributed by atoms with van der Waals surface area (Å²) in [4.78, 5) is 29.2. The predicted molar refractivity (Wildman–Crippen MR) is 136 cm³/mol. The maximum atomic E-state index is 12.7. The van der Waals surface area contributed by atoms with Crippen molar-refractivity contribution in [2.75, 3.05) is 42.1 Å². The van der Waals surface area contributed by atoms with Gasteiger partial charge in [0, 0.05) is 47.6 Å². The molecule has 0 radical (unpaired) electrons. The van der Waals surface area contributed by atoms with Crippen molar-refractivity contribution >= 4 is 49.0 Å². The molecule has 0 unspecified atom stereocenters. The van der Waals surface area contributed by atoms with Crippen LogP contribution in [0.4, 0.5) is 11.4 Å². The lowest BCUT2D eigenvalue weighted by atomic mass is 10.1. The predicted octanol–water partition coefficient (Wildman–Crippen LogP) is 3.82. The second-order valence-electron chi connectivity index (χ2n) is 7.96. The summed E-state index contributed by atoms with van der Waals surface area (Å²) >= 11 is 3.41. The number of benzene rings is 3. The third kappa shape index (κ3) is 5.84. The van der Waals surface area contributed by atoms with Gasteiger partial charge in [0.05, 0.1) is 4.90 Å². The van der Waals surface area contributed by atoms with E-state index in [1.165, 1.54) is 12.1 Å². The zero-order chi connectivity index (χ0) is 24.1. The Bertz CT molecular complexity index is 1270. The van der Waals surface area contributed by atoms with Crippen molar-refractivity contribution in [3.05, 3.63) is 88.9 Å². The van der Waals surface area contributed by atoms with Crippen LogP contribution in [0.5, 0.6) is 0 Å². The highest BCUT2D eigenvalue weighted by Crippen LogP contribution is 2.21. The van der Waals surface area contributed by atoms with E-state index in [0.29, 0.717) is 37.4 Å². The molecule has 1 N–H and O–H groups in total. The van der Waals surface area contributed by atoms with Gasteiger partial charge in [0.25, 0.3) is 5.91 Å². The summed E-state index contributed by atoms with van der Waals surface area (Å²) in [6, 6.07) is 22.6. The number of halogens is 1. The number of hydrogen-bond acceptors (Lipinski definition) is 5. The molecule has 34 heavy (non-hydrogen) atoms. The van der Waals surface area contributed by atoms with Gasteiger partial charge in [0.1, 0.15) is 5.75 Å². The highest BCUT2D eigenvalue weighted by molar-refractivity contribution is 9.10. The van der Waals surface area contributed by atoms with Gasteiger partial charge in [0.2, 0.25) is 5.91 Å². The molecule has 1 fully saturated rings. The first-order valence-electron chi connectivity index (χ1n) is 10.8. The molecule has 1 saturated heterocycles. The molecule has 9 heteroatoms. The molecule has 1 aliphatic rings. The molecule has 0 saturated carbocycles. The lowest BCUT2D eigenvalue weighted by Gasteiger charge is -2.36. The summed E-state index contributed by atoms with van der Waals surface area (Å²) in [6.07, 6.45) is 0. The highest BCUT2D eigenvalue weighted by Gasteiger charge is 2.23. The Balaban J connectivity index is 1.31. The molecule has 0 bridgehead atoms. The van der Waals surface area contributed by atoms with Crippen LogP contribution in [-0.4, -0.2) is 57.1 Å². The lowest BCUT2D eigenvalue weighted by molar-refractivity contribution is -0.113. The fourth-order valence-corrected chi connectivity index (χ4v) is 5.36. The maximum absolute atomic E-state index is 12.7. The molecular weight excluding hydrogens is 518 g/mol. The van der Waals surface area contributed by atoms with Crippen LogP contribution in [0.15, 0.2) is 88.2 Å². The second kappa shape index (κ2) is 10.4. The fourth-order valence-electron chi connectivity index (χ4n) is 3.81. The average molecular weight is 542 g/mol. The van der Waals surface area contributed by atoms with Crippen LogP contribution in [0.2, 0.25) is 0 Å². The van der Waals surface area contributed by atoms with Crippen molar-refractivity contribution in [3.8, 4) is 0 Å². The first kappa shape index (κ1) is 24.0. The number of piperazine rings is 1. The number of nitrogens with one attached hydrogen (secondary N) is 1. The van der Waals surface area contributed by atoms with E-state index in [0.717, 1.165) is 10.2 Å². The van der Waals surface area contributed by atoms with E-state index in [-0.39, 0.29) is 10.8 Å². The summed E-state index contributed by atoms with van der Waals surface area (Å²) < 4.78 is 25.6. The smallest absolute Gasteiger partial charge is 0.254 e. The third-order valence-electron chi connectivity index (χ3n) is 5.58. The zero-order valence-electron chi connectivity index (χ0n) is 18.4. The number of carbonyl (C=O) groups is 2. The first-order valence-corrected chi connectivity index (χ1v) is 13.2. The summed E-state index contributed by atoms with van der Waals surface area (Å²) in [5, 5.41) is 2.65. The molecule has 7 nitrogen and oxygen atoms in total. The Kier molecular flexibility index (Phi) is 7.33. The molecule has 176 valence electrons. The van der Waals surface area contributed by atoms with Crippen LogP contribution in [0.25, 0.3) is 0 Å². The van der Waals surface area contributed by atoms with Crippen molar-refractivity contribution < 1.29 is 18.0 Å². The van der Waals surface area contributed by atoms with Crippen LogP contribution in [-0.2, 0) is 14.6 Å². The Morgan fingerprint density at radius 3 is 2.18 bits per heavy atom. The molecule has 3 aromatic rings. The normalized spacial score (nSPS) is 14.0. The second-order valence-corrected chi connectivity index (χ2v) is 10.9. The van der Waals surface area contributed by atoms with Gasteiger partial charge in [-0.15, -0.1) is 0 Å². The van der Waals surface area contributed by atoms with Crippen LogP contribution >= 0.6 is 15.9 Å². The van der Waals surface area contributed by atoms with E-state index in [1.54, 1.807) is 30.3 Å². The van der Waals surface area contributed by atoms with Crippen molar-refractivity contribution in [1.82, 2.24) is 4.90 Å². The van der Waals surface area contributed by atoms with Crippen molar-refractivity contribution in [3.63, 3.8) is 0 Å². The molecule has 0 spiro atoms. The number of carbonyl (C=O) groups excluding carboxylic acids is 2. The minimum atomic E-state index is -3.69. The van der Waals surface area contributed by atoms with Gasteiger partial charge in [-0.25, -0.2) is 8.42 Å². The Morgan fingerprint density at radius 1 is 0.853 bits per heavy atom. The van der Waals surface area contributed by atoms with E-state index >= 15 is 0 Å². The van der Waals surface area contributed by atoms with E-state index in [1.807, 2.05) is 41.3 Å². The number of amides is 2. The van der Waals surface area contributed by atoms with Gasteiger partial charge < -0.3 is 15.1 Å². The van der Waals surface area contributed by atoms with Crippen LogP contribution in [0.1, 0.15) is 10.4 Å². The summed E-state index contributed by atoms with van der Waals surface area (Å²) in [5.74, 6) is -1.19. The number of rotatable bonds is 6. The van der Waals surface area contributed by atoms with E-state index in [4.69, 9.17) is 0 Å². The van der Waals surface area contributed by atoms with Crippen molar-refractivity contribution in [1.29, 1.82) is 0 Å². The summed E-state index contributed by atoms with van der Waals surface area (Å²) in [6.45, 7) is 2.61. The number of sulfone groups is 1. The molecule has 2 amide bonds. The van der Waals surface area contributed by atoms with Gasteiger partial charge >= 0.3 is 0 Å². The fraction of sp³-hybridized carbons (Fsp3) is 0.200. The Morgan fingerprint density at radius 2 is 1.53 bits per heavy atom. The summed E-state index contributed by atoms with van der Waals surface area (Å²) in [5.41, 5.74) is 2.17. The molecule has 4 rings (SSSR count). The molecule has 0 atom stereocenters. The minimum Gasteiger partial charge on any atom is -0.368 e. The van der Waals surface area contributed by atoms with Crippen molar-refractivity contribution in [2.24, 2.45) is 0 Å². The first-order chi connectivity index (χ1) is 16.3. The highest BCUT2D eigenvalue weighted by atomic mass is 79.9. The number of nitrogens with zero attached hydrogens (tertiary/aromatic N) is 2. The topological polar surface area (TPSA) is 86.8 Å². The quantitative estimate of drug-likeness (QED) is 0.512. The Labute approximate surface area is 207 Å². The zero-order valence-corrected chi connectivity index (χ0v) is 20.8. The third-order valence-corrected chi connectivity index (χ3v) is 7.70. The number of hydrogen-bond donors (Lipinski definition) is 1. The average Bonchev–Trinajstić information content (AvgIpc) is 2.84. The van der Waals surface area contributed by atoms with Crippen LogP contribution in [0.3, 0.4) is 0 Å². The molecule has 0 aromatic heterocycles. The Hall–Kier alpha value is -3.17. The lowest BCUT2D eigenvalue weighted by Crippen LogP contribution is -2.48. The van der Waals surface area contributed by atoms with Gasteiger partial charge in [-0.2, -0.15) is 0 Å². The van der Waals surface area contributed by atoms with E-state index in [9.17, 15) is 18.0 Å². The minimum absolute atomic E-state index is 0.0180. The maximum Gasteiger partial charge on any atom is 0.254 e. The van der Waals surface area contributed by atoms with Crippen molar-refractivity contribution in [2.45, 2.75) is 4.90 Å². The molecular formula is C25H24BrN3O4S. The van der Waals surface area contributed by atoms with Crippen LogP contribution in [0, 0.1) is 0 Å². The van der Waals surface area contributed by atoms with Gasteiger partial charge in [-0.3, -0.25) is 9.59 Å². The molecule has 1 heterocycles. The van der Waals surface area contributed by atoms with Gasteiger partial charge in [0.15, 0.2) is 9.84 Å². The van der Waals surface area contributed by atoms with E-state index in [2.05, 4.69) is 26.1 Å². The molecule has 1 aliphatic heterocycles.